The molecule has 3 nitrogen and oxygen atoms in total. The number of carbonyl (C=O) groups excluding carboxylic acids is 1. The molecule has 0 aromatic rings. The zero-order valence-electron chi connectivity index (χ0n) is 31.0. The van der Waals surface area contributed by atoms with Crippen LogP contribution in [0.2, 0.25) is 0 Å². The van der Waals surface area contributed by atoms with Gasteiger partial charge in [-0.15, -0.1) is 184 Å². The van der Waals surface area contributed by atoms with Crippen molar-refractivity contribution in [3.05, 3.63) is 184 Å². The summed E-state index contributed by atoms with van der Waals surface area (Å²) in [6.07, 6.45) is 11.7. The van der Waals surface area contributed by atoms with Crippen LogP contribution >= 0.6 is 0 Å². The molecule has 0 rings (SSSR count). The smallest absolute Gasteiger partial charge is 0.305 e. The number of ether oxygens (including phenoxy) is 1. The lowest BCUT2D eigenvalue weighted by molar-refractivity contribution is -0.144. The van der Waals surface area contributed by atoms with Gasteiger partial charge in [-0.3, -0.25) is 4.79 Å². The molecule has 0 aromatic carbocycles. The lowest BCUT2D eigenvalue weighted by Gasteiger charge is -2.03. The van der Waals surface area contributed by atoms with Crippen LogP contribution in [0.25, 0.3) is 0 Å². The fourth-order valence-corrected chi connectivity index (χ4v) is 1.81. The average Bonchev–Trinajstić information content (AvgIpc) is 3.21. The highest BCUT2D eigenvalue weighted by Gasteiger charge is 2.01. The van der Waals surface area contributed by atoms with E-state index in [0.29, 0.717) is 6.42 Å². The van der Waals surface area contributed by atoms with Gasteiger partial charge in [-0.25, -0.2) is 0 Å². The van der Waals surface area contributed by atoms with Crippen molar-refractivity contribution in [2.75, 3.05) is 13.2 Å². The Hall–Kier alpha value is -4.21. The molecule has 45 heavy (non-hydrogen) atoms. The number of hydrogen-bond donors (Lipinski definition) is 1. The van der Waals surface area contributed by atoms with Crippen molar-refractivity contribution < 1.29 is 14.6 Å². The summed E-state index contributed by atoms with van der Waals surface area (Å²) in [6, 6.07) is 0. The largest absolute Gasteiger partial charge is 0.463 e. The lowest BCUT2D eigenvalue weighted by Crippen LogP contribution is -2.07. The van der Waals surface area contributed by atoms with Crippen LogP contribution in [0.3, 0.4) is 0 Å². The van der Waals surface area contributed by atoms with E-state index in [9.17, 15) is 4.79 Å². The number of hydrogen-bond acceptors (Lipinski definition) is 3. The molecule has 0 bridgehead atoms. The molecule has 0 spiro atoms. The monoisotopic (exact) mass is 637 g/mol. The van der Waals surface area contributed by atoms with Gasteiger partial charge in [0, 0.05) is 6.42 Å². The van der Waals surface area contributed by atoms with Crippen molar-refractivity contribution in [3.63, 3.8) is 0 Å². The van der Waals surface area contributed by atoms with Crippen molar-refractivity contribution in [1.82, 2.24) is 0 Å². The third kappa shape index (κ3) is 488. The molecule has 0 aliphatic carbocycles. The van der Waals surface area contributed by atoms with E-state index < -0.39 is 0 Å². The second-order valence-electron chi connectivity index (χ2n) is 4.52. The summed E-state index contributed by atoms with van der Waals surface area (Å²) in [5, 5.41) is 8.47. The van der Waals surface area contributed by atoms with Crippen molar-refractivity contribution in [3.8, 4) is 0 Å². The van der Waals surface area contributed by atoms with Gasteiger partial charge in [-0.1, -0.05) is 58.3 Å². The molecule has 0 aromatic heterocycles. The maximum Gasteiger partial charge on any atom is 0.305 e. The Morgan fingerprint density at radius 3 is 0.800 bits per heavy atom. The van der Waals surface area contributed by atoms with Gasteiger partial charge in [0.15, 0.2) is 0 Å². The van der Waals surface area contributed by atoms with Crippen LogP contribution in [-0.4, -0.2) is 24.3 Å². The van der Waals surface area contributed by atoms with Crippen LogP contribution < -0.4 is 0 Å². The molecule has 0 saturated heterocycles. The minimum absolute atomic E-state index is 0.0799. The molecule has 0 heterocycles. The summed E-state index contributed by atoms with van der Waals surface area (Å²) in [5.74, 6) is -0.179. The van der Waals surface area contributed by atoms with E-state index in [0.717, 1.165) is 12.8 Å². The Morgan fingerprint density at radius 2 is 0.600 bits per heavy atom. The minimum Gasteiger partial charge on any atom is -0.463 e. The molecule has 0 atom stereocenters. The number of rotatable bonds is 12. The molecule has 1 N–H and O–H groups in total. The molecule has 0 amide bonds. The molecule has 0 aliphatic heterocycles. The zero-order chi connectivity index (χ0) is 40.8. The highest BCUT2D eigenvalue weighted by molar-refractivity contribution is 5.69. The van der Waals surface area contributed by atoms with Crippen LogP contribution in [0.4, 0.5) is 0 Å². The standard InChI is InChI=1S/C14H28O3.14C2H4/c1-2-3-4-5-6-7-8-9-10-11-14(16)17-13-12-15;14*1-2/h15H,2-13H2,1H3;14*1-2H2. The Balaban J connectivity index is -0.0000000207. The van der Waals surface area contributed by atoms with Gasteiger partial charge >= 0.3 is 5.97 Å². The third-order valence-electron chi connectivity index (χ3n) is 2.84. The van der Waals surface area contributed by atoms with E-state index in [-0.39, 0.29) is 19.2 Å². The van der Waals surface area contributed by atoms with E-state index in [4.69, 9.17) is 9.84 Å². The van der Waals surface area contributed by atoms with Crippen LogP contribution in [0.5, 0.6) is 0 Å². The highest BCUT2D eigenvalue weighted by Crippen LogP contribution is 2.10. The number of aliphatic hydroxyl groups is 1. The van der Waals surface area contributed by atoms with Crippen molar-refractivity contribution in [2.24, 2.45) is 0 Å². The summed E-state index contributed by atoms with van der Waals surface area (Å²) in [5.41, 5.74) is 0. The fourth-order valence-electron chi connectivity index (χ4n) is 1.81. The van der Waals surface area contributed by atoms with Crippen molar-refractivity contribution in [2.45, 2.75) is 71.1 Å². The first-order chi connectivity index (χ1) is 22.3. The summed E-state index contributed by atoms with van der Waals surface area (Å²) < 4.78 is 4.77. The van der Waals surface area contributed by atoms with Crippen molar-refractivity contribution in [1.29, 1.82) is 0 Å². The highest BCUT2D eigenvalue weighted by atomic mass is 16.5. The fraction of sp³-hybridized carbons (Fsp3) is 0.310. The normalized spacial score (nSPS) is 5.20. The second-order valence-corrected chi connectivity index (χ2v) is 4.52. The number of esters is 1. The van der Waals surface area contributed by atoms with Gasteiger partial charge < -0.3 is 9.84 Å². The maximum atomic E-state index is 11.1. The maximum absolute atomic E-state index is 11.1. The predicted octanol–water partition coefficient (Wildman–Crippen LogP) is 14.7. The van der Waals surface area contributed by atoms with E-state index in [1.165, 1.54) is 44.9 Å². The lowest BCUT2D eigenvalue weighted by atomic mass is 10.1. The number of carbonyl (C=O) groups is 1. The van der Waals surface area contributed by atoms with Gasteiger partial charge in [0.2, 0.25) is 0 Å². The molecule has 3 heteroatoms. The van der Waals surface area contributed by atoms with Crippen LogP contribution in [0, 0.1) is 0 Å². The van der Waals surface area contributed by atoms with Crippen LogP contribution in [-0.2, 0) is 9.53 Å². The number of aliphatic hydroxyl groups excluding tert-OH is 1. The molecular weight excluding hydrogens is 552 g/mol. The van der Waals surface area contributed by atoms with Gasteiger partial charge in [0.05, 0.1) is 6.61 Å². The summed E-state index contributed by atoms with van der Waals surface area (Å²) in [4.78, 5) is 11.1. The van der Waals surface area contributed by atoms with Crippen LogP contribution in [0.1, 0.15) is 71.1 Å². The van der Waals surface area contributed by atoms with Crippen molar-refractivity contribution >= 4 is 5.97 Å². The quantitative estimate of drug-likeness (QED) is 0.132. The molecule has 0 aliphatic rings. The molecule has 0 fully saturated rings. The van der Waals surface area contributed by atoms with E-state index in [1.807, 2.05) is 0 Å². The minimum atomic E-state index is -0.179. The van der Waals surface area contributed by atoms with E-state index in [2.05, 4.69) is 191 Å². The number of unbranched alkanes of at least 4 members (excludes halogenated alkanes) is 8. The third-order valence-corrected chi connectivity index (χ3v) is 2.84. The Bertz CT molecular complexity index is 292. The van der Waals surface area contributed by atoms with E-state index in [1.54, 1.807) is 0 Å². The summed E-state index contributed by atoms with van der Waals surface area (Å²) in [6.45, 7) is 86.3. The average molecular weight is 637 g/mol. The molecule has 0 unspecified atom stereocenters. The predicted molar refractivity (Wildman–Crippen MR) is 227 cm³/mol. The van der Waals surface area contributed by atoms with E-state index >= 15 is 0 Å². The van der Waals surface area contributed by atoms with Gasteiger partial charge in [0.25, 0.3) is 0 Å². The Kier molecular flexibility index (Phi) is 929. The summed E-state index contributed by atoms with van der Waals surface area (Å²) >= 11 is 0. The summed E-state index contributed by atoms with van der Waals surface area (Å²) in [7, 11) is 0. The molecule has 0 radical (unpaired) electrons. The first kappa shape index (κ1) is 97.1. The molecular formula is C42H84O3. The SMILES string of the molecule is C=C.C=C.C=C.C=C.C=C.C=C.C=C.C=C.C=C.C=C.C=C.C=C.C=C.C=C.CCCCCCCCCCCC(=O)OCCO. The topological polar surface area (TPSA) is 46.5 Å². The first-order valence-electron chi connectivity index (χ1n) is 14.1. The molecule has 270 valence electrons. The van der Waals surface area contributed by atoms with Gasteiger partial charge in [-0.05, 0) is 6.42 Å². The molecule has 0 saturated carbocycles. The Labute approximate surface area is 288 Å². The second kappa shape index (κ2) is 431. The van der Waals surface area contributed by atoms with Gasteiger partial charge in [0.1, 0.15) is 6.61 Å². The Morgan fingerprint density at radius 1 is 0.400 bits per heavy atom. The van der Waals surface area contributed by atoms with Gasteiger partial charge in [-0.2, -0.15) is 0 Å². The first-order valence-corrected chi connectivity index (χ1v) is 14.1. The zero-order valence-corrected chi connectivity index (χ0v) is 31.0. The van der Waals surface area contributed by atoms with Crippen LogP contribution in [0.15, 0.2) is 184 Å².